The highest BCUT2D eigenvalue weighted by Gasteiger charge is 2.25. The molecule has 3 aromatic rings. The van der Waals surface area contributed by atoms with Gasteiger partial charge in [-0.3, -0.25) is 14.3 Å². The summed E-state index contributed by atoms with van der Waals surface area (Å²) in [6.07, 6.45) is 6.42. The Morgan fingerprint density at radius 3 is 2.64 bits per heavy atom. The monoisotopic (exact) mass is 512 g/mol. The summed E-state index contributed by atoms with van der Waals surface area (Å²) in [5.74, 6) is -0.870. The summed E-state index contributed by atoms with van der Waals surface area (Å²) in [5, 5.41) is 7.87. The van der Waals surface area contributed by atoms with Gasteiger partial charge in [-0.25, -0.2) is 14.8 Å². The number of methoxy groups -OCH3 is 1. The number of hydrogen-bond acceptors (Lipinski definition) is 9. The summed E-state index contributed by atoms with van der Waals surface area (Å²) in [6.45, 7) is 2.15. The van der Waals surface area contributed by atoms with Crippen molar-refractivity contribution in [2.45, 2.75) is 25.8 Å². The zero-order valence-electron chi connectivity index (χ0n) is 19.8. The highest BCUT2D eigenvalue weighted by Crippen LogP contribution is 2.30. The van der Waals surface area contributed by atoms with Gasteiger partial charge in [0, 0.05) is 31.8 Å². The van der Waals surface area contributed by atoms with Crippen LogP contribution in [0.2, 0.25) is 5.02 Å². The van der Waals surface area contributed by atoms with Crippen molar-refractivity contribution >= 4 is 41.1 Å². The fourth-order valence-electron chi connectivity index (χ4n) is 3.96. The first-order valence-electron chi connectivity index (χ1n) is 11.3. The second-order valence-electron chi connectivity index (χ2n) is 8.15. The first kappa shape index (κ1) is 25.1. The van der Waals surface area contributed by atoms with Gasteiger partial charge in [-0.1, -0.05) is 29.8 Å². The molecule has 1 aliphatic heterocycles. The third-order valence-corrected chi connectivity index (χ3v) is 6.06. The van der Waals surface area contributed by atoms with E-state index in [-0.39, 0.29) is 18.6 Å². The number of carbonyl (C=O) groups is 3. The number of amides is 1. The van der Waals surface area contributed by atoms with E-state index in [2.05, 4.69) is 20.4 Å². The van der Waals surface area contributed by atoms with Crippen LogP contribution in [0.3, 0.4) is 0 Å². The van der Waals surface area contributed by atoms with Crippen molar-refractivity contribution in [3.8, 4) is 11.3 Å². The van der Waals surface area contributed by atoms with Gasteiger partial charge in [-0.05, 0) is 18.9 Å². The Morgan fingerprint density at radius 1 is 1.17 bits per heavy atom. The summed E-state index contributed by atoms with van der Waals surface area (Å²) in [6, 6.07) is 7.02. The van der Waals surface area contributed by atoms with Gasteiger partial charge >= 0.3 is 11.9 Å². The van der Waals surface area contributed by atoms with Crippen LogP contribution in [0.25, 0.3) is 11.3 Å². The number of rotatable bonds is 7. The summed E-state index contributed by atoms with van der Waals surface area (Å²) >= 11 is 6.35. The molecule has 1 N–H and O–H groups in total. The van der Waals surface area contributed by atoms with Crippen LogP contribution in [-0.2, 0) is 19.1 Å². The van der Waals surface area contributed by atoms with E-state index >= 15 is 0 Å². The van der Waals surface area contributed by atoms with Crippen LogP contribution in [0.15, 0.2) is 42.9 Å². The number of aromatic nitrogens is 4. The Balaban J connectivity index is 1.43. The molecule has 12 heteroatoms. The number of likely N-dealkylation sites (tertiary alicyclic amines) is 1. The second kappa shape index (κ2) is 11.2. The third kappa shape index (κ3) is 5.80. The molecule has 1 fully saturated rings. The summed E-state index contributed by atoms with van der Waals surface area (Å²) in [4.78, 5) is 45.7. The minimum absolute atomic E-state index is 0.118. The van der Waals surface area contributed by atoms with Crippen LogP contribution < -0.4 is 5.32 Å². The molecule has 1 saturated heterocycles. The lowest BCUT2D eigenvalue weighted by Gasteiger charge is -2.31. The quantitative estimate of drug-likeness (QED) is 0.474. The predicted octanol–water partition coefficient (Wildman–Crippen LogP) is 3.25. The van der Waals surface area contributed by atoms with E-state index in [0.29, 0.717) is 46.6 Å². The number of nitrogens with one attached hydrogen (secondary N) is 1. The molecule has 1 aromatic carbocycles. The number of carbonyl (C=O) groups excluding carboxylic acids is 3. The number of hydrogen-bond donors (Lipinski definition) is 1. The molecule has 0 unspecified atom stereocenters. The third-order valence-electron chi connectivity index (χ3n) is 5.78. The smallest absolute Gasteiger partial charge is 0.338 e. The van der Waals surface area contributed by atoms with Crippen LogP contribution in [-0.4, -0.2) is 69.3 Å². The number of ether oxygens (including phenoxy) is 2. The number of nitrogens with zero attached hydrogens (tertiary/aromatic N) is 5. The van der Waals surface area contributed by atoms with E-state index in [1.807, 2.05) is 10.9 Å². The van der Waals surface area contributed by atoms with Crippen LogP contribution >= 0.6 is 11.6 Å². The lowest BCUT2D eigenvalue weighted by Crippen LogP contribution is -2.41. The van der Waals surface area contributed by atoms with E-state index in [4.69, 9.17) is 21.1 Å². The van der Waals surface area contributed by atoms with Gasteiger partial charge in [0.15, 0.2) is 6.61 Å². The Morgan fingerprint density at radius 2 is 1.92 bits per heavy atom. The van der Waals surface area contributed by atoms with Crippen LogP contribution in [0.4, 0.5) is 11.6 Å². The number of anilines is 2. The maximum absolute atomic E-state index is 12.2. The van der Waals surface area contributed by atoms with E-state index in [0.717, 1.165) is 12.8 Å². The second-order valence-corrected chi connectivity index (χ2v) is 8.56. The molecule has 1 aliphatic rings. The van der Waals surface area contributed by atoms with Crippen molar-refractivity contribution in [2.75, 3.05) is 32.1 Å². The van der Waals surface area contributed by atoms with Crippen molar-refractivity contribution < 1.29 is 23.9 Å². The van der Waals surface area contributed by atoms with Crippen molar-refractivity contribution in [2.24, 2.45) is 0 Å². The molecule has 4 rings (SSSR count). The molecule has 3 heterocycles. The molecule has 2 aromatic heterocycles. The van der Waals surface area contributed by atoms with Gasteiger partial charge in [-0.15, -0.1) is 0 Å². The van der Waals surface area contributed by atoms with Gasteiger partial charge in [0.25, 0.3) is 5.91 Å². The number of halogens is 1. The van der Waals surface area contributed by atoms with Crippen molar-refractivity contribution in [3.05, 3.63) is 53.4 Å². The molecule has 0 atom stereocenters. The van der Waals surface area contributed by atoms with Gasteiger partial charge in [-0.2, -0.15) is 5.10 Å². The fraction of sp³-hybridized carbons (Fsp3) is 0.333. The molecule has 0 saturated carbocycles. The lowest BCUT2D eigenvalue weighted by atomic mass is 10.0. The lowest BCUT2D eigenvalue weighted by molar-refractivity contribution is -0.150. The number of piperidine rings is 1. The summed E-state index contributed by atoms with van der Waals surface area (Å²) in [5.41, 5.74) is 1.95. The van der Waals surface area contributed by atoms with Gasteiger partial charge < -0.3 is 19.7 Å². The van der Waals surface area contributed by atoms with E-state index < -0.39 is 11.9 Å². The first-order valence-corrected chi connectivity index (χ1v) is 11.7. The van der Waals surface area contributed by atoms with Crippen molar-refractivity contribution in [3.63, 3.8) is 0 Å². The van der Waals surface area contributed by atoms with E-state index in [1.54, 1.807) is 35.4 Å². The standard InChI is InChI=1S/C24H25ClN6O5/c1-15(32)36-14-21(33)30-9-7-17(8-10-30)31-13-16(11-27-31)28-24-26-12-20(25)22(29-24)18-5-3-4-6-19(18)23(34)35-2/h3-6,11-13,17H,7-10,14H2,1-2H3,(H,26,28,29). The van der Waals surface area contributed by atoms with Crippen LogP contribution in [0.5, 0.6) is 0 Å². The summed E-state index contributed by atoms with van der Waals surface area (Å²) in [7, 11) is 1.32. The Labute approximate surface area is 212 Å². The minimum Gasteiger partial charge on any atom is -0.465 e. The van der Waals surface area contributed by atoms with Gasteiger partial charge in [0.1, 0.15) is 0 Å². The Bertz CT molecular complexity index is 1270. The molecule has 188 valence electrons. The molecule has 36 heavy (non-hydrogen) atoms. The molecule has 11 nitrogen and oxygen atoms in total. The zero-order chi connectivity index (χ0) is 25.7. The predicted molar refractivity (Wildman–Crippen MR) is 131 cm³/mol. The molecule has 0 radical (unpaired) electrons. The molecule has 0 bridgehead atoms. The molecular weight excluding hydrogens is 488 g/mol. The van der Waals surface area contributed by atoms with Crippen LogP contribution in [0.1, 0.15) is 36.2 Å². The molecular formula is C24H25ClN6O5. The molecule has 1 amide bonds. The molecule has 0 spiro atoms. The highest BCUT2D eigenvalue weighted by molar-refractivity contribution is 6.33. The van der Waals surface area contributed by atoms with Crippen LogP contribution in [0, 0.1) is 0 Å². The maximum atomic E-state index is 12.2. The van der Waals surface area contributed by atoms with Gasteiger partial charge in [0.2, 0.25) is 5.95 Å². The molecule has 0 aliphatic carbocycles. The Hall–Kier alpha value is -3.99. The first-order chi connectivity index (χ1) is 17.4. The minimum atomic E-state index is -0.491. The topological polar surface area (TPSA) is 129 Å². The maximum Gasteiger partial charge on any atom is 0.338 e. The van der Waals surface area contributed by atoms with Crippen molar-refractivity contribution in [1.29, 1.82) is 0 Å². The SMILES string of the molecule is COC(=O)c1ccccc1-c1nc(Nc2cnn(C3CCN(C(=O)COC(C)=O)CC3)c2)ncc1Cl. The van der Waals surface area contributed by atoms with Crippen molar-refractivity contribution in [1.82, 2.24) is 24.6 Å². The number of esters is 2. The van der Waals surface area contributed by atoms with E-state index in [1.165, 1.54) is 20.2 Å². The average molecular weight is 513 g/mol. The summed E-state index contributed by atoms with van der Waals surface area (Å²) < 4.78 is 11.5. The average Bonchev–Trinajstić information content (AvgIpc) is 3.36. The highest BCUT2D eigenvalue weighted by atomic mass is 35.5. The van der Waals surface area contributed by atoms with Gasteiger partial charge in [0.05, 0.1) is 47.5 Å². The normalized spacial score (nSPS) is 13.8. The largest absolute Gasteiger partial charge is 0.465 e. The van der Waals surface area contributed by atoms with E-state index in [9.17, 15) is 14.4 Å². The zero-order valence-corrected chi connectivity index (χ0v) is 20.6. The Kier molecular flexibility index (Phi) is 7.79. The fourth-order valence-corrected chi connectivity index (χ4v) is 4.15. The number of benzene rings is 1.